The molecule has 2 aromatic carbocycles. The number of hydrogen-bond donors (Lipinski definition) is 1. The van der Waals surface area contributed by atoms with Crippen molar-refractivity contribution in [2.75, 3.05) is 17.6 Å². The van der Waals surface area contributed by atoms with E-state index in [1.54, 1.807) is 30.5 Å². The molecule has 0 bridgehead atoms. The Morgan fingerprint density at radius 2 is 1.70 bits per heavy atom. The summed E-state index contributed by atoms with van der Waals surface area (Å²) >= 11 is 0. The lowest BCUT2D eigenvalue weighted by Crippen LogP contribution is -2.25. The minimum absolute atomic E-state index is 0.378. The van der Waals surface area contributed by atoms with Crippen LogP contribution in [0.2, 0.25) is 0 Å². The zero-order chi connectivity index (χ0) is 21.9. The number of para-hydroxylation sites is 1. The maximum absolute atomic E-state index is 12.3. The van der Waals surface area contributed by atoms with Crippen molar-refractivity contribution in [2.24, 2.45) is 5.10 Å². The number of hydrazone groups is 1. The fourth-order valence-corrected chi connectivity index (χ4v) is 3.64. The monoisotopic (exact) mass is 424 g/mol. The minimum atomic E-state index is -3.35. The molecule has 3 rings (SSSR count). The average molecular weight is 425 g/mol. The standard InChI is InChI=1S/C22H24N4O3S/c1-16-14-19(17(2)26(16)21-8-6-5-7-9-21)15-23-24-22(27)18-10-12-20(13-11-18)25(3)30(4,28)29/h5-15H,1-4H3,(H,24,27)/b23-15-. The van der Waals surface area contributed by atoms with Gasteiger partial charge in [0.15, 0.2) is 0 Å². The fraction of sp³-hybridized carbons (Fsp3) is 0.182. The Morgan fingerprint density at radius 1 is 1.07 bits per heavy atom. The van der Waals surface area contributed by atoms with E-state index in [4.69, 9.17) is 0 Å². The van der Waals surface area contributed by atoms with Gasteiger partial charge in [-0.1, -0.05) is 18.2 Å². The zero-order valence-electron chi connectivity index (χ0n) is 17.3. The Kier molecular flexibility index (Phi) is 6.07. The van der Waals surface area contributed by atoms with Crippen molar-refractivity contribution >= 4 is 27.8 Å². The molecule has 0 spiro atoms. The molecule has 0 saturated carbocycles. The van der Waals surface area contributed by atoms with Crippen LogP contribution in [0.15, 0.2) is 65.8 Å². The summed E-state index contributed by atoms with van der Waals surface area (Å²) in [6, 6.07) is 18.3. The Morgan fingerprint density at radius 3 is 2.30 bits per heavy atom. The highest BCUT2D eigenvalue weighted by Gasteiger charge is 2.13. The maximum Gasteiger partial charge on any atom is 0.271 e. The van der Waals surface area contributed by atoms with Crippen molar-refractivity contribution < 1.29 is 13.2 Å². The van der Waals surface area contributed by atoms with E-state index < -0.39 is 10.0 Å². The SMILES string of the molecule is Cc1cc(/C=N\NC(=O)c2ccc(N(C)S(C)(=O)=O)cc2)c(C)n1-c1ccccc1. The summed E-state index contributed by atoms with van der Waals surface area (Å²) in [5, 5.41) is 4.08. The molecule has 7 nitrogen and oxygen atoms in total. The van der Waals surface area contributed by atoms with Crippen LogP contribution in [-0.4, -0.2) is 38.4 Å². The summed E-state index contributed by atoms with van der Waals surface area (Å²) in [5.41, 5.74) is 7.43. The lowest BCUT2D eigenvalue weighted by atomic mass is 10.2. The van der Waals surface area contributed by atoms with Crippen LogP contribution in [0, 0.1) is 13.8 Å². The molecule has 156 valence electrons. The Balaban J connectivity index is 1.71. The molecule has 1 aromatic heterocycles. The van der Waals surface area contributed by atoms with Gasteiger partial charge in [0, 0.05) is 35.2 Å². The van der Waals surface area contributed by atoms with Gasteiger partial charge in [-0.05, 0) is 56.3 Å². The number of hydrogen-bond acceptors (Lipinski definition) is 4. The first-order valence-corrected chi connectivity index (χ1v) is 11.1. The second-order valence-corrected chi connectivity index (χ2v) is 8.99. The average Bonchev–Trinajstić information content (AvgIpc) is 3.00. The van der Waals surface area contributed by atoms with Gasteiger partial charge in [0.05, 0.1) is 18.2 Å². The first-order valence-electron chi connectivity index (χ1n) is 9.30. The van der Waals surface area contributed by atoms with Gasteiger partial charge in [-0.3, -0.25) is 9.10 Å². The highest BCUT2D eigenvalue weighted by Crippen LogP contribution is 2.19. The number of carbonyl (C=O) groups is 1. The van der Waals surface area contributed by atoms with Gasteiger partial charge in [-0.2, -0.15) is 5.10 Å². The number of nitrogens with zero attached hydrogens (tertiary/aromatic N) is 3. The van der Waals surface area contributed by atoms with Crippen molar-refractivity contribution in [3.05, 3.63) is 83.2 Å². The number of benzene rings is 2. The topological polar surface area (TPSA) is 83.8 Å². The first-order chi connectivity index (χ1) is 14.2. The maximum atomic E-state index is 12.3. The molecule has 30 heavy (non-hydrogen) atoms. The van der Waals surface area contributed by atoms with Crippen LogP contribution >= 0.6 is 0 Å². The largest absolute Gasteiger partial charge is 0.318 e. The molecule has 0 atom stereocenters. The van der Waals surface area contributed by atoms with Crippen LogP contribution < -0.4 is 9.73 Å². The van der Waals surface area contributed by atoms with E-state index in [9.17, 15) is 13.2 Å². The smallest absolute Gasteiger partial charge is 0.271 e. The van der Waals surface area contributed by atoms with E-state index in [0.29, 0.717) is 11.3 Å². The number of aryl methyl sites for hydroxylation is 1. The predicted octanol–water partition coefficient (Wildman–Crippen LogP) is 3.25. The lowest BCUT2D eigenvalue weighted by molar-refractivity contribution is 0.0955. The second kappa shape index (κ2) is 8.54. The van der Waals surface area contributed by atoms with Crippen molar-refractivity contribution in [1.29, 1.82) is 0 Å². The molecule has 1 N–H and O–H groups in total. The van der Waals surface area contributed by atoms with E-state index in [0.717, 1.165) is 33.2 Å². The van der Waals surface area contributed by atoms with Gasteiger partial charge in [-0.25, -0.2) is 13.8 Å². The molecule has 0 unspecified atom stereocenters. The van der Waals surface area contributed by atoms with Crippen LogP contribution in [0.1, 0.15) is 27.3 Å². The number of carbonyl (C=O) groups excluding carboxylic acids is 1. The number of anilines is 1. The summed E-state index contributed by atoms with van der Waals surface area (Å²) < 4.78 is 26.5. The Hall–Kier alpha value is -3.39. The lowest BCUT2D eigenvalue weighted by Gasteiger charge is -2.16. The Bertz CT molecular complexity index is 1180. The van der Waals surface area contributed by atoms with E-state index in [-0.39, 0.29) is 5.91 Å². The molecular formula is C22H24N4O3S. The molecule has 0 radical (unpaired) electrons. The normalized spacial score (nSPS) is 11.6. The molecule has 1 heterocycles. The highest BCUT2D eigenvalue weighted by atomic mass is 32.2. The number of nitrogens with one attached hydrogen (secondary N) is 1. The van der Waals surface area contributed by atoms with Crippen molar-refractivity contribution in [2.45, 2.75) is 13.8 Å². The van der Waals surface area contributed by atoms with Crippen molar-refractivity contribution in [3.8, 4) is 5.69 Å². The van der Waals surface area contributed by atoms with E-state index in [2.05, 4.69) is 15.1 Å². The highest BCUT2D eigenvalue weighted by molar-refractivity contribution is 7.92. The molecule has 1 amide bonds. The van der Waals surface area contributed by atoms with E-state index in [1.165, 1.54) is 7.05 Å². The third-order valence-electron chi connectivity index (χ3n) is 4.84. The summed E-state index contributed by atoms with van der Waals surface area (Å²) in [4.78, 5) is 12.3. The third kappa shape index (κ3) is 4.60. The number of amides is 1. The van der Waals surface area contributed by atoms with E-state index >= 15 is 0 Å². The van der Waals surface area contributed by atoms with Crippen LogP contribution in [0.5, 0.6) is 0 Å². The van der Waals surface area contributed by atoms with Gasteiger partial charge >= 0.3 is 0 Å². The molecule has 3 aromatic rings. The van der Waals surface area contributed by atoms with Gasteiger partial charge in [-0.15, -0.1) is 0 Å². The van der Waals surface area contributed by atoms with Crippen LogP contribution in [0.3, 0.4) is 0 Å². The summed E-state index contributed by atoms with van der Waals surface area (Å²) in [6.07, 6.45) is 2.74. The van der Waals surface area contributed by atoms with Gasteiger partial charge in [0.1, 0.15) is 0 Å². The molecule has 8 heteroatoms. The van der Waals surface area contributed by atoms with Crippen molar-refractivity contribution in [1.82, 2.24) is 9.99 Å². The fourth-order valence-electron chi connectivity index (χ4n) is 3.13. The number of sulfonamides is 1. The van der Waals surface area contributed by atoms with Gasteiger partial charge in [0.25, 0.3) is 5.91 Å². The summed E-state index contributed by atoms with van der Waals surface area (Å²) in [5.74, 6) is -0.378. The third-order valence-corrected chi connectivity index (χ3v) is 6.05. The summed E-state index contributed by atoms with van der Waals surface area (Å²) in [6.45, 7) is 4.02. The molecule has 0 fully saturated rings. The molecule has 0 aliphatic heterocycles. The quantitative estimate of drug-likeness (QED) is 0.487. The molecule has 0 aliphatic rings. The van der Waals surface area contributed by atoms with Crippen LogP contribution in [0.4, 0.5) is 5.69 Å². The molecule has 0 aliphatic carbocycles. The first kappa shape index (κ1) is 21.3. The number of aromatic nitrogens is 1. The predicted molar refractivity (Wildman–Crippen MR) is 120 cm³/mol. The molecule has 0 saturated heterocycles. The molecular weight excluding hydrogens is 400 g/mol. The van der Waals surface area contributed by atoms with E-state index in [1.807, 2.05) is 50.2 Å². The van der Waals surface area contributed by atoms with Crippen molar-refractivity contribution in [3.63, 3.8) is 0 Å². The van der Waals surface area contributed by atoms with Crippen LogP contribution in [-0.2, 0) is 10.0 Å². The second-order valence-electron chi connectivity index (χ2n) is 6.97. The summed E-state index contributed by atoms with van der Waals surface area (Å²) in [7, 11) is -1.89. The minimum Gasteiger partial charge on any atom is -0.318 e. The van der Waals surface area contributed by atoms with Gasteiger partial charge < -0.3 is 4.57 Å². The van der Waals surface area contributed by atoms with Gasteiger partial charge in [0.2, 0.25) is 10.0 Å². The Labute approximate surface area is 176 Å². The number of rotatable bonds is 6. The van der Waals surface area contributed by atoms with Crippen LogP contribution in [0.25, 0.3) is 5.69 Å². The zero-order valence-corrected chi connectivity index (χ0v) is 18.1.